The average molecular weight is 176 g/mol. The van der Waals surface area contributed by atoms with Crippen molar-refractivity contribution in [3.63, 3.8) is 0 Å². The molecule has 0 aromatic carbocycles. The zero-order valence-corrected chi connectivity index (χ0v) is 6.90. The molecule has 0 atom stereocenters. The fourth-order valence-electron chi connectivity index (χ4n) is 0.766. The van der Waals surface area contributed by atoms with Gasteiger partial charge in [0.1, 0.15) is 5.76 Å². The molecule has 12 heavy (non-hydrogen) atoms. The summed E-state index contributed by atoms with van der Waals surface area (Å²) < 4.78 is 29.8. The molecule has 0 unspecified atom stereocenters. The summed E-state index contributed by atoms with van der Waals surface area (Å²) in [5, 5.41) is 2.77. The second-order valence-corrected chi connectivity index (χ2v) is 2.55. The molecule has 0 saturated heterocycles. The topological polar surface area (TPSA) is 38.1 Å². The van der Waals surface area contributed by atoms with E-state index in [0.717, 1.165) is 6.92 Å². The molecule has 0 radical (unpaired) electrons. The predicted octanol–water partition coefficient (Wildman–Crippen LogP) is 1.51. The van der Waals surface area contributed by atoms with Crippen LogP contribution in [0.3, 0.4) is 0 Å². The van der Waals surface area contributed by atoms with E-state index in [1.165, 1.54) is 6.20 Å². The third-order valence-electron chi connectivity index (χ3n) is 1.28. The van der Waals surface area contributed by atoms with Crippen molar-refractivity contribution in [2.45, 2.75) is 19.4 Å². The van der Waals surface area contributed by atoms with Crippen LogP contribution in [0.2, 0.25) is 0 Å². The molecule has 1 rings (SSSR count). The summed E-state index contributed by atoms with van der Waals surface area (Å²) >= 11 is 0. The number of halogens is 2. The highest BCUT2D eigenvalue weighted by atomic mass is 19.3. The maximum atomic E-state index is 12.5. The van der Waals surface area contributed by atoms with Crippen molar-refractivity contribution in [2.24, 2.45) is 0 Å². The highest BCUT2D eigenvalue weighted by molar-refractivity contribution is 4.97. The van der Waals surface area contributed by atoms with Crippen LogP contribution < -0.4 is 5.32 Å². The minimum absolute atomic E-state index is 0.406. The Morgan fingerprint density at radius 2 is 2.33 bits per heavy atom. The molecular weight excluding hydrogens is 166 g/mol. The lowest BCUT2D eigenvalue weighted by molar-refractivity contribution is -0.0118. The summed E-state index contributed by atoms with van der Waals surface area (Å²) in [6, 6.07) is 0. The second kappa shape index (κ2) is 3.18. The maximum absolute atomic E-state index is 12.5. The largest absolute Gasteiger partial charge is 0.439 e. The highest BCUT2D eigenvalue weighted by Gasteiger charge is 2.30. The van der Waals surface area contributed by atoms with Crippen LogP contribution in [0, 0.1) is 0 Å². The number of hydrogen-bond acceptors (Lipinski definition) is 3. The van der Waals surface area contributed by atoms with Gasteiger partial charge in [0.2, 0.25) is 0 Å². The lowest BCUT2D eigenvalue weighted by Gasteiger charge is -2.02. The normalized spacial score (nSPS) is 12.0. The maximum Gasteiger partial charge on any atom is 0.319 e. The van der Waals surface area contributed by atoms with Gasteiger partial charge >= 0.3 is 5.92 Å². The first-order chi connectivity index (χ1) is 5.54. The van der Waals surface area contributed by atoms with Gasteiger partial charge in [-0.2, -0.15) is 8.78 Å². The van der Waals surface area contributed by atoms with Gasteiger partial charge in [-0.05, 0) is 7.05 Å². The van der Waals surface area contributed by atoms with Crippen LogP contribution >= 0.6 is 0 Å². The molecule has 0 aliphatic heterocycles. The zero-order chi connectivity index (χ0) is 9.19. The van der Waals surface area contributed by atoms with E-state index in [2.05, 4.69) is 10.3 Å². The highest BCUT2D eigenvalue weighted by Crippen LogP contribution is 2.25. The summed E-state index contributed by atoms with van der Waals surface area (Å²) in [6.07, 6.45) is 1.29. The Morgan fingerprint density at radius 1 is 1.67 bits per heavy atom. The number of nitrogens with zero attached hydrogens (tertiary/aromatic N) is 1. The van der Waals surface area contributed by atoms with Crippen molar-refractivity contribution in [3.05, 3.63) is 17.8 Å². The third kappa shape index (κ3) is 2.01. The molecule has 1 heterocycles. The second-order valence-electron chi connectivity index (χ2n) is 2.55. The van der Waals surface area contributed by atoms with E-state index in [4.69, 9.17) is 4.42 Å². The summed E-state index contributed by atoms with van der Waals surface area (Å²) in [7, 11) is 1.70. The molecule has 1 N–H and O–H groups in total. The van der Waals surface area contributed by atoms with Crippen LogP contribution in [0.5, 0.6) is 0 Å². The molecule has 0 amide bonds. The van der Waals surface area contributed by atoms with Crippen molar-refractivity contribution in [1.82, 2.24) is 10.3 Å². The Kier molecular flexibility index (Phi) is 2.42. The molecule has 0 spiro atoms. The van der Waals surface area contributed by atoms with E-state index in [1.807, 2.05) is 0 Å². The van der Waals surface area contributed by atoms with Gasteiger partial charge in [-0.15, -0.1) is 0 Å². The molecule has 0 aliphatic carbocycles. The summed E-state index contributed by atoms with van der Waals surface area (Å²) in [6.45, 7) is 1.16. The molecule has 0 bridgehead atoms. The smallest absolute Gasteiger partial charge is 0.319 e. The van der Waals surface area contributed by atoms with Crippen LogP contribution in [0.25, 0.3) is 0 Å². The van der Waals surface area contributed by atoms with Crippen molar-refractivity contribution in [1.29, 1.82) is 0 Å². The Balaban J connectivity index is 2.77. The molecule has 0 aliphatic rings. The molecule has 5 heteroatoms. The Bertz CT molecular complexity index is 254. The molecule has 3 nitrogen and oxygen atoms in total. The first-order valence-corrected chi connectivity index (χ1v) is 3.51. The SMILES string of the molecule is CNCc1cnc(C(C)(F)F)o1. The first-order valence-electron chi connectivity index (χ1n) is 3.51. The van der Waals surface area contributed by atoms with Crippen molar-refractivity contribution in [2.75, 3.05) is 7.05 Å². The van der Waals surface area contributed by atoms with Gasteiger partial charge in [-0.3, -0.25) is 0 Å². The summed E-state index contributed by atoms with van der Waals surface area (Å²) in [5.74, 6) is -3.12. The molecule has 1 aromatic heterocycles. The molecule has 68 valence electrons. The lowest BCUT2D eigenvalue weighted by Crippen LogP contribution is -2.07. The van der Waals surface area contributed by atoms with Crippen molar-refractivity contribution >= 4 is 0 Å². The molecule has 1 aromatic rings. The number of hydrogen-bond donors (Lipinski definition) is 1. The van der Waals surface area contributed by atoms with E-state index in [0.29, 0.717) is 12.3 Å². The minimum atomic E-state index is -2.99. The quantitative estimate of drug-likeness (QED) is 0.758. The van der Waals surface area contributed by atoms with Crippen LogP contribution in [0.15, 0.2) is 10.6 Å². The van der Waals surface area contributed by atoms with Gasteiger partial charge in [0, 0.05) is 6.92 Å². The van der Waals surface area contributed by atoms with Crippen LogP contribution in [0.1, 0.15) is 18.6 Å². The van der Waals surface area contributed by atoms with Crippen LogP contribution in [-0.2, 0) is 12.5 Å². The van der Waals surface area contributed by atoms with Gasteiger partial charge in [0.15, 0.2) is 0 Å². The van der Waals surface area contributed by atoms with E-state index in [1.54, 1.807) is 7.05 Å². The summed E-state index contributed by atoms with van der Waals surface area (Å²) in [5.41, 5.74) is 0. The fraction of sp³-hybridized carbons (Fsp3) is 0.571. The zero-order valence-electron chi connectivity index (χ0n) is 6.90. The van der Waals surface area contributed by atoms with E-state index in [9.17, 15) is 8.78 Å². The number of aromatic nitrogens is 1. The van der Waals surface area contributed by atoms with E-state index >= 15 is 0 Å². The van der Waals surface area contributed by atoms with Gasteiger partial charge in [0.25, 0.3) is 5.89 Å². The van der Waals surface area contributed by atoms with E-state index in [-0.39, 0.29) is 0 Å². The Hall–Kier alpha value is -0.970. The first kappa shape index (κ1) is 9.12. The fourth-order valence-corrected chi connectivity index (χ4v) is 0.766. The lowest BCUT2D eigenvalue weighted by atomic mass is 10.4. The van der Waals surface area contributed by atoms with Gasteiger partial charge in [-0.25, -0.2) is 4.98 Å². The van der Waals surface area contributed by atoms with Crippen molar-refractivity contribution in [3.8, 4) is 0 Å². The minimum Gasteiger partial charge on any atom is -0.439 e. The summed E-state index contributed by atoms with van der Waals surface area (Å²) in [4.78, 5) is 3.45. The third-order valence-corrected chi connectivity index (χ3v) is 1.28. The molecule has 0 fully saturated rings. The number of oxazole rings is 1. The number of nitrogens with one attached hydrogen (secondary N) is 1. The van der Waals surface area contributed by atoms with Gasteiger partial charge in [0.05, 0.1) is 12.7 Å². The molecule has 0 saturated carbocycles. The van der Waals surface area contributed by atoms with Crippen molar-refractivity contribution < 1.29 is 13.2 Å². The Labute approximate surface area is 68.8 Å². The van der Waals surface area contributed by atoms with Gasteiger partial charge in [-0.1, -0.05) is 0 Å². The molecular formula is C7H10F2N2O. The van der Waals surface area contributed by atoms with E-state index < -0.39 is 11.8 Å². The van der Waals surface area contributed by atoms with Crippen LogP contribution in [0.4, 0.5) is 8.78 Å². The average Bonchev–Trinajstić information content (AvgIpc) is 2.35. The Morgan fingerprint density at radius 3 is 2.75 bits per heavy atom. The van der Waals surface area contributed by atoms with Gasteiger partial charge < -0.3 is 9.73 Å². The number of rotatable bonds is 3. The number of alkyl halides is 2. The monoisotopic (exact) mass is 176 g/mol. The standard InChI is InChI=1S/C7H10F2N2O/c1-7(8,9)6-11-4-5(12-6)3-10-2/h4,10H,3H2,1-2H3. The van der Waals surface area contributed by atoms with Crippen LogP contribution in [-0.4, -0.2) is 12.0 Å². The predicted molar refractivity (Wildman–Crippen MR) is 38.8 cm³/mol.